The molecule has 0 aromatic carbocycles. The minimum Gasteiger partial charge on any atom is -0.311 e. The first-order chi connectivity index (χ1) is 9.92. The summed E-state index contributed by atoms with van der Waals surface area (Å²) >= 11 is 0. The number of fused-ring (bicyclic) bond motifs is 7. The second-order valence-corrected chi connectivity index (χ2v) is 8.39. The summed E-state index contributed by atoms with van der Waals surface area (Å²) in [5.41, 5.74) is 0. The highest BCUT2D eigenvalue weighted by Crippen LogP contribution is 2.52. The maximum absolute atomic E-state index is 4.16. The van der Waals surface area contributed by atoms with Crippen molar-refractivity contribution in [1.82, 2.24) is 10.6 Å². The van der Waals surface area contributed by atoms with Crippen LogP contribution in [0.5, 0.6) is 0 Å². The first-order valence-corrected chi connectivity index (χ1v) is 9.44. The second kappa shape index (κ2) is 4.71. The molecule has 2 heteroatoms. The normalized spacial score (nSPS) is 57.6. The Morgan fingerprint density at radius 1 is 0.500 bits per heavy atom. The third kappa shape index (κ3) is 1.70. The molecule has 2 aliphatic heterocycles. The Morgan fingerprint density at radius 3 is 2.05 bits per heavy atom. The molecule has 0 bridgehead atoms. The largest absolute Gasteiger partial charge is 0.311 e. The summed E-state index contributed by atoms with van der Waals surface area (Å²) in [5.74, 6) is 4.06. The smallest absolute Gasteiger partial charge is 0.0148 e. The molecular formula is C18H30N2. The zero-order valence-electron chi connectivity index (χ0n) is 12.7. The second-order valence-electron chi connectivity index (χ2n) is 8.39. The van der Waals surface area contributed by atoms with Crippen LogP contribution in [0.1, 0.15) is 64.2 Å². The molecule has 5 fully saturated rings. The lowest BCUT2D eigenvalue weighted by Crippen LogP contribution is -2.48. The summed E-state index contributed by atoms with van der Waals surface area (Å²) in [5, 5.41) is 8.21. The van der Waals surface area contributed by atoms with Gasteiger partial charge in [0.25, 0.3) is 0 Å². The van der Waals surface area contributed by atoms with Crippen molar-refractivity contribution in [3.8, 4) is 0 Å². The van der Waals surface area contributed by atoms with Gasteiger partial charge in [0.15, 0.2) is 0 Å². The Bertz CT molecular complexity index is 382. The molecule has 5 rings (SSSR count). The van der Waals surface area contributed by atoms with Crippen molar-refractivity contribution >= 4 is 0 Å². The van der Waals surface area contributed by atoms with Crippen molar-refractivity contribution in [1.29, 1.82) is 0 Å². The van der Waals surface area contributed by atoms with Gasteiger partial charge in [-0.25, -0.2) is 0 Å². The van der Waals surface area contributed by atoms with E-state index in [1.807, 2.05) is 0 Å². The van der Waals surface area contributed by atoms with Crippen molar-refractivity contribution < 1.29 is 0 Å². The van der Waals surface area contributed by atoms with Gasteiger partial charge in [0, 0.05) is 24.2 Å². The average Bonchev–Trinajstić information content (AvgIpc) is 3.04. The maximum Gasteiger partial charge on any atom is 0.0148 e. The Hall–Kier alpha value is -0.0800. The summed E-state index contributed by atoms with van der Waals surface area (Å²) in [6.45, 7) is 0. The standard InChI is InChI=1S/C18H30N2/c1-3-7-14-11(5-1)12-9-10-16-17(18(12)20-14)13-6-2-4-8-15(13)19-16/h11-20H,1-10H2. The fourth-order valence-electron chi connectivity index (χ4n) is 6.98. The Balaban J connectivity index is 1.43. The molecule has 3 aliphatic carbocycles. The summed E-state index contributed by atoms with van der Waals surface area (Å²) in [6, 6.07) is 3.50. The molecule has 0 radical (unpaired) electrons. The third-order valence-corrected chi connectivity index (χ3v) is 7.67. The highest BCUT2D eigenvalue weighted by molar-refractivity contribution is 5.12. The molecule has 2 heterocycles. The van der Waals surface area contributed by atoms with E-state index in [0.717, 1.165) is 47.8 Å². The van der Waals surface area contributed by atoms with Crippen LogP contribution >= 0.6 is 0 Å². The number of rotatable bonds is 0. The molecule has 5 aliphatic rings. The number of hydrogen-bond acceptors (Lipinski definition) is 2. The van der Waals surface area contributed by atoms with Gasteiger partial charge in [-0.2, -0.15) is 0 Å². The molecule has 2 saturated heterocycles. The van der Waals surface area contributed by atoms with Crippen LogP contribution in [-0.2, 0) is 0 Å². The lowest BCUT2D eigenvalue weighted by molar-refractivity contribution is 0.138. The van der Waals surface area contributed by atoms with E-state index in [4.69, 9.17) is 0 Å². The Labute approximate surface area is 123 Å². The first kappa shape index (κ1) is 12.5. The van der Waals surface area contributed by atoms with E-state index < -0.39 is 0 Å². The van der Waals surface area contributed by atoms with Crippen LogP contribution in [0.4, 0.5) is 0 Å². The SMILES string of the molecule is C1CCC2C(C1)NC1C2CCC2NC3CCCCC3C21. The molecule has 20 heavy (non-hydrogen) atoms. The van der Waals surface area contributed by atoms with Crippen LogP contribution in [-0.4, -0.2) is 24.2 Å². The molecule has 112 valence electrons. The summed E-state index contributed by atoms with van der Waals surface area (Å²) in [4.78, 5) is 0. The highest BCUT2D eigenvalue weighted by Gasteiger charge is 2.56. The molecule has 0 amide bonds. The quantitative estimate of drug-likeness (QED) is 0.709. The minimum atomic E-state index is 0.858. The van der Waals surface area contributed by atoms with Gasteiger partial charge < -0.3 is 10.6 Å². The van der Waals surface area contributed by atoms with Gasteiger partial charge >= 0.3 is 0 Å². The predicted octanol–water partition coefficient (Wildman–Crippen LogP) is 3.07. The molecule has 3 saturated carbocycles. The Kier molecular flexibility index (Phi) is 2.93. The van der Waals surface area contributed by atoms with Gasteiger partial charge in [0.1, 0.15) is 0 Å². The van der Waals surface area contributed by atoms with E-state index in [0.29, 0.717) is 0 Å². The van der Waals surface area contributed by atoms with Crippen LogP contribution in [0.3, 0.4) is 0 Å². The fourth-order valence-corrected chi connectivity index (χ4v) is 6.98. The molecule has 0 spiro atoms. The van der Waals surface area contributed by atoms with Crippen LogP contribution in [0.15, 0.2) is 0 Å². The summed E-state index contributed by atoms with van der Waals surface area (Å²) in [6.07, 6.45) is 14.9. The average molecular weight is 274 g/mol. The van der Waals surface area contributed by atoms with Crippen molar-refractivity contribution in [2.24, 2.45) is 23.7 Å². The van der Waals surface area contributed by atoms with Gasteiger partial charge in [0.05, 0.1) is 0 Å². The van der Waals surface area contributed by atoms with Crippen molar-refractivity contribution in [2.45, 2.75) is 88.4 Å². The molecule has 0 aromatic rings. The highest BCUT2D eigenvalue weighted by atomic mass is 15.1. The zero-order chi connectivity index (χ0) is 13.1. The Morgan fingerprint density at radius 2 is 1.20 bits per heavy atom. The van der Waals surface area contributed by atoms with Gasteiger partial charge in [-0.05, 0) is 62.2 Å². The molecule has 0 aromatic heterocycles. The van der Waals surface area contributed by atoms with Crippen molar-refractivity contribution in [3.63, 3.8) is 0 Å². The molecule has 2 N–H and O–H groups in total. The van der Waals surface area contributed by atoms with Gasteiger partial charge in [0.2, 0.25) is 0 Å². The van der Waals surface area contributed by atoms with E-state index in [9.17, 15) is 0 Å². The zero-order valence-corrected chi connectivity index (χ0v) is 12.7. The third-order valence-electron chi connectivity index (χ3n) is 7.67. The fraction of sp³-hybridized carbons (Fsp3) is 1.00. The van der Waals surface area contributed by atoms with Crippen LogP contribution < -0.4 is 10.6 Å². The topological polar surface area (TPSA) is 24.1 Å². The number of nitrogens with one attached hydrogen (secondary N) is 2. The van der Waals surface area contributed by atoms with E-state index >= 15 is 0 Å². The lowest BCUT2D eigenvalue weighted by Gasteiger charge is -2.40. The van der Waals surface area contributed by atoms with Crippen molar-refractivity contribution in [2.75, 3.05) is 0 Å². The van der Waals surface area contributed by atoms with Crippen LogP contribution in [0, 0.1) is 23.7 Å². The monoisotopic (exact) mass is 274 g/mol. The van der Waals surface area contributed by atoms with Gasteiger partial charge in [-0.3, -0.25) is 0 Å². The summed E-state index contributed by atoms with van der Waals surface area (Å²) in [7, 11) is 0. The molecule has 2 nitrogen and oxygen atoms in total. The summed E-state index contributed by atoms with van der Waals surface area (Å²) < 4.78 is 0. The molecule has 8 unspecified atom stereocenters. The maximum atomic E-state index is 4.16. The lowest BCUT2D eigenvalue weighted by atomic mass is 9.65. The van der Waals surface area contributed by atoms with E-state index in [1.54, 1.807) is 0 Å². The van der Waals surface area contributed by atoms with Crippen LogP contribution in [0.25, 0.3) is 0 Å². The minimum absolute atomic E-state index is 0.858. The van der Waals surface area contributed by atoms with Gasteiger partial charge in [-0.15, -0.1) is 0 Å². The van der Waals surface area contributed by atoms with Crippen LogP contribution in [0.2, 0.25) is 0 Å². The first-order valence-electron chi connectivity index (χ1n) is 9.44. The van der Waals surface area contributed by atoms with E-state index in [2.05, 4.69) is 10.6 Å². The molecule has 8 atom stereocenters. The van der Waals surface area contributed by atoms with E-state index in [-0.39, 0.29) is 0 Å². The van der Waals surface area contributed by atoms with E-state index in [1.165, 1.54) is 64.2 Å². The number of hydrogen-bond donors (Lipinski definition) is 2. The molecular weight excluding hydrogens is 244 g/mol. The van der Waals surface area contributed by atoms with Crippen molar-refractivity contribution in [3.05, 3.63) is 0 Å². The van der Waals surface area contributed by atoms with Gasteiger partial charge in [-0.1, -0.05) is 25.7 Å². The predicted molar refractivity (Wildman–Crippen MR) is 81.6 cm³/mol.